The molecule has 1 amide bonds. The highest BCUT2D eigenvalue weighted by Crippen LogP contribution is 2.36. The Bertz CT molecular complexity index is 572. The van der Waals surface area contributed by atoms with Crippen molar-refractivity contribution in [2.45, 2.75) is 38.5 Å². The minimum Gasteiger partial charge on any atom is -0.372 e. The zero-order valence-electron chi connectivity index (χ0n) is 12.3. The first-order chi connectivity index (χ1) is 10.2. The lowest BCUT2D eigenvalue weighted by Gasteiger charge is -2.29. The Morgan fingerprint density at radius 2 is 2.05 bits per heavy atom. The lowest BCUT2D eigenvalue weighted by molar-refractivity contribution is 0.0783. The van der Waals surface area contributed by atoms with Crippen LogP contribution in [-0.4, -0.2) is 29.9 Å². The Hall–Kier alpha value is -1.39. The molecule has 0 aromatic heterocycles. The number of nitrogens with two attached hydrogens (primary N) is 1. The molecule has 2 heterocycles. The molecule has 4 nitrogen and oxygen atoms in total. The minimum absolute atomic E-state index is 0.159. The van der Waals surface area contributed by atoms with Crippen LogP contribution in [0.5, 0.6) is 0 Å². The van der Waals surface area contributed by atoms with Gasteiger partial charge in [-0.3, -0.25) is 4.79 Å². The molecule has 4 rings (SSSR count). The largest absolute Gasteiger partial charge is 0.372 e. The SMILES string of the molecule is NC1CCCC2CN(C(=O)c3ccc4c(c3)COC4)CC12. The molecule has 3 unspecified atom stereocenters. The average molecular weight is 286 g/mol. The summed E-state index contributed by atoms with van der Waals surface area (Å²) in [5.41, 5.74) is 9.41. The molecular formula is C17H22N2O2. The molecule has 3 atom stereocenters. The normalized spacial score (nSPS) is 31.1. The van der Waals surface area contributed by atoms with Gasteiger partial charge in [0.05, 0.1) is 13.2 Å². The molecule has 1 aromatic carbocycles. The minimum atomic E-state index is 0.159. The second-order valence-corrected chi connectivity index (χ2v) is 6.71. The number of likely N-dealkylation sites (tertiary alicyclic amines) is 1. The van der Waals surface area contributed by atoms with Crippen molar-refractivity contribution >= 4 is 5.91 Å². The number of carbonyl (C=O) groups excluding carboxylic acids is 1. The number of nitrogens with zero attached hydrogens (tertiary/aromatic N) is 1. The molecule has 2 fully saturated rings. The molecule has 4 heteroatoms. The van der Waals surface area contributed by atoms with Crippen molar-refractivity contribution in [3.63, 3.8) is 0 Å². The van der Waals surface area contributed by atoms with Crippen LogP contribution in [0.25, 0.3) is 0 Å². The van der Waals surface area contributed by atoms with Gasteiger partial charge in [0.2, 0.25) is 0 Å². The Labute approximate surface area is 125 Å². The number of benzene rings is 1. The van der Waals surface area contributed by atoms with Crippen molar-refractivity contribution < 1.29 is 9.53 Å². The Kier molecular flexibility index (Phi) is 3.23. The standard InChI is InChI=1S/C17H22N2O2/c18-16-3-1-2-12-7-19(8-15(12)16)17(20)11-4-5-13-9-21-10-14(13)6-11/h4-6,12,15-16H,1-3,7-10,18H2. The summed E-state index contributed by atoms with van der Waals surface area (Å²) in [5.74, 6) is 1.27. The van der Waals surface area contributed by atoms with E-state index in [2.05, 4.69) is 0 Å². The third-order valence-electron chi connectivity index (χ3n) is 5.41. The zero-order valence-corrected chi connectivity index (χ0v) is 12.3. The molecular weight excluding hydrogens is 264 g/mol. The smallest absolute Gasteiger partial charge is 0.253 e. The molecule has 2 aliphatic heterocycles. The molecule has 0 radical (unpaired) electrons. The van der Waals surface area contributed by atoms with Crippen LogP contribution < -0.4 is 5.73 Å². The lowest BCUT2D eigenvalue weighted by atomic mass is 9.78. The molecule has 1 aliphatic carbocycles. The second-order valence-electron chi connectivity index (χ2n) is 6.71. The van der Waals surface area contributed by atoms with Crippen LogP contribution in [0, 0.1) is 11.8 Å². The van der Waals surface area contributed by atoms with Crippen LogP contribution in [0.2, 0.25) is 0 Å². The van der Waals surface area contributed by atoms with Crippen LogP contribution in [0.4, 0.5) is 0 Å². The van der Waals surface area contributed by atoms with E-state index in [1.54, 1.807) is 0 Å². The van der Waals surface area contributed by atoms with E-state index < -0.39 is 0 Å². The summed E-state index contributed by atoms with van der Waals surface area (Å²) in [6.07, 6.45) is 3.54. The highest BCUT2D eigenvalue weighted by atomic mass is 16.5. The first-order valence-corrected chi connectivity index (χ1v) is 7.97. The van der Waals surface area contributed by atoms with Gasteiger partial charge < -0.3 is 15.4 Å². The zero-order chi connectivity index (χ0) is 14.4. The summed E-state index contributed by atoms with van der Waals surface area (Å²) < 4.78 is 5.42. The fourth-order valence-electron chi connectivity index (χ4n) is 4.17. The third-order valence-corrected chi connectivity index (χ3v) is 5.41. The summed E-state index contributed by atoms with van der Waals surface area (Å²) in [4.78, 5) is 14.8. The van der Waals surface area contributed by atoms with Gasteiger partial charge in [0.15, 0.2) is 0 Å². The van der Waals surface area contributed by atoms with Crippen molar-refractivity contribution in [1.29, 1.82) is 0 Å². The topological polar surface area (TPSA) is 55.6 Å². The predicted octanol–water partition coefficient (Wildman–Crippen LogP) is 1.92. The molecule has 0 bridgehead atoms. The Morgan fingerprint density at radius 3 is 2.90 bits per heavy atom. The molecule has 112 valence electrons. The number of carbonyl (C=O) groups is 1. The maximum atomic E-state index is 12.7. The number of hydrogen-bond donors (Lipinski definition) is 1. The number of hydrogen-bond acceptors (Lipinski definition) is 3. The first-order valence-electron chi connectivity index (χ1n) is 7.97. The fourth-order valence-corrected chi connectivity index (χ4v) is 4.17. The van der Waals surface area contributed by atoms with E-state index in [0.29, 0.717) is 25.0 Å². The second kappa shape index (κ2) is 5.11. The summed E-state index contributed by atoms with van der Waals surface area (Å²) in [7, 11) is 0. The van der Waals surface area contributed by atoms with Gasteiger partial charge >= 0.3 is 0 Å². The van der Waals surface area contributed by atoms with Gasteiger partial charge in [0, 0.05) is 24.7 Å². The van der Waals surface area contributed by atoms with Crippen molar-refractivity contribution in [1.82, 2.24) is 4.90 Å². The van der Waals surface area contributed by atoms with Crippen molar-refractivity contribution in [2.24, 2.45) is 17.6 Å². The fraction of sp³-hybridized carbons (Fsp3) is 0.588. The van der Waals surface area contributed by atoms with Crippen molar-refractivity contribution in [2.75, 3.05) is 13.1 Å². The Morgan fingerprint density at radius 1 is 1.19 bits per heavy atom. The summed E-state index contributed by atoms with van der Waals surface area (Å²) in [6, 6.07) is 6.25. The van der Waals surface area contributed by atoms with Crippen LogP contribution in [0.1, 0.15) is 40.7 Å². The van der Waals surface area contributed by atoms with Crippen molar-refractivity contribution in [3.8, 4) is 0 Å². The Balaban J connectivity index is 1.53. The van der Waals surface area contributed by atoms with E-state index in [-0.39, 0.29) is 11.9 Å². The van der Waals surface area contributed by atoms with E-state index in [9.17, 15) is 4.79 Å². The van der Waals surface area contributed by atoms with Crippen LogP contribution >= 0.6 is 0 Å². The highest BCUT2D eigenvalue weighted by Gasteiger charge is 2.40. The molecule has 21 heavy (non-hydrogen) atoms. The molecule has 0 spiro atoms. The molecule has 2 N–H and O–H groups in total. The van der Waals surface area contributed by atoms with Gasteiger partial charge in [0.25, 0.3) is 5.91 Å². The average Bonchev–Trinajstić information content (AvgIpc) is 3.12. The maximum Gasteiger partial charge on any atom is 0.253 e. The summed E-state index contributed by atoms with van der Waals surface area (Å²) in [6.45, 7) is 3.02. The van der Waals surface area contributed by atoms with E-state index in [1.165, 1.54) is 18.4 Å². The van der Waals surface area contributed by atoms with Gasteiger partial charge in [-0.15, -0.1) is 0 Å². The van der Waals surface area contributed by atoms with Gasteiger partial charge in [-0.2, -0.15) is 0 Å². The van der Waals surface area contributed by atoms with Crippen molar-refractivity contribution in [3.05, 3.63) is 34.9 Å². The van der Waals surface area contributed by atoms with Crippen LogP contribution in [0.3, 0.4) is 0 Å². The number of rotatable bonds is 1. The number of ether oxygens (including phenoxy) is 1. The third kappa shape index (κ3) is 2.27. The monoisotopic (exact) mass is 286 g/mol. The predicted molar refractivity (Wildman–Crippen MR) is 79.6 cm³/mol. The molecule has 1 saturated carbocycles. The molecule has 3 aliphatic rings. The van der Waals surface area contributed by atoms with Gasteiger partial charge in [0.1, 0.15) is 0 Å². The number of fused-ring (bicyclic) bond motifs is 2. The van der Waals surface area contributed by atoms with E-state index >= 15 is 0 Å². The summed E-state index contributed by atoms with van der Waals surface area (Å²) in [5, 5.41) is 0. The maximum absolute atomic E-state index is 12.7. The quantitative estimate of drug-likeness (QED) is 0.858. The highest BCUT2D eigenvalue weighted by molar-refractivity contribution is 5.94. The van der Waals surface area contributed by atoms with E-state index in [0.717, 1.165) is 30.6 Å². The molecule has 1 saturated heterocycles. The first kappa shape index (κ1) is 13.3. The van der Waals surface area contributed by atoms with E-state index in [1.807, 2.05) is 23.1 Å². The van der Waals surface area contributed by atoms with E-state index in [4.69, 9.17) is 10.5 Å². The molecule has 1 aromatic rings. The number of amides is 1. The van der Waals surface area contributed by atoms with Gasteiger partial charge in [-0.05, 0) is 47.9 Å². The van der Waals surface area contributed by atoms with Gasteiger partial charge in [-0.1, -0.05) is 12.5 Å². The van der Waals surface area contributed by atoms with Gasteiger partial charge in [-0.25, -0.2) is 0 Å². The summed E-state index contributed by atoms with van der Waals surface area (Å²) >= 11 is 0. The van der Waals surface area contributed by atoms with Crippen LogP contribution in [-0.2, 0) is 18.0 Å². The lowest BCUT2D eigenvalue weighted by Crippen LogP contribution is -2.38. The van der Waals surface area contributed by atoms with Crippen LogP contribution in [0.15, 0.2) is 18.2 Å².